The first-order valence-electron chi connectivity index (χ1n) is 15.2. The number of nitrogens with zero attached hydrogens (tertiary/aromatic N) is 2. The molecule has 1 heterocycles. The second kappa shape index (κ2) is 17.0. The second-order valence-electron chi connectivity index (χ2n) is 11.1. The number of hydrogen-bond donors (Lipinski definition) is 1. The lowest BCUT2D eigenvalue weighted by Crippen LogP contribution is -2.33. The smallest absolute Gasteiger partial charge is 0.305 e. The van der Waals surface area contributed by atoms with Crippen molar-refractivity contribution in [3.8, 4) is 11.1 Å². The number of methoxy groups -OCH3 is 1. The zero-order chi connectivity index (χ0) is 30.4. The highest BCUT2D eigenvalue weighted by molar-refractivity contribution is 9.10. The number of carbonyl (C=O) groups excluding carboxylic acids is 3. The molecule has 3 aromatic rings. The number of rotatable bonds is 15. The van der Waals surface area contributed by atoms with E-state index in [9.17, 15) is 14.4 Å². The van der Waals surface area contributed by atoms with Crippen molar-refractivity contribution in [3.05, 3.63) is 94.0 Å². The van der Waals surface area contributed by atoms with E-state index in [-0.39, 0.29) is 17.8 Å². The SMILES string of the molecule is COC(=O)CCCCCN(Cc1cccc(-c2cccc(C(=O)NCCN3CCCC3)c2)c1)C(=O)Cc1ccc(Br)cc1. The molecule has 4 rings (SSSR count). The molecule has 3 aromatic carbocycles. The van der Waals surface area contributed by atoms with E-state index in [0.717, 1.165) is 65.6 Å². The predicted octanol–water partition coefficient (Wildman–Crippen LogP) is 6.25. The minimum Gasteiger partial charge on any atom is -0.469 e. The number of likely N-dealkylation sites (tertiary alicyclic amines) is 1. The molecule has 0 aliphatic carbocycles. The molecule has 0 atom stereocenters. The molecule has 8 heteroatoms. The van der Waals surface area contributed by atoms with Crippen LogP contribution in [0, 0.1) is 0 Å². The van der Waals surface area contributed by atoms with Crippen LogP contribution < -0.4 is 5.32 Å². The summed E-state index contributed by atoms with van der Waals surface area (Å²) in [6, 6.07) is 23.7. The van der Waals surface area contributed by atoms with Crippen LogP contribution >= 0.6 is 15.9 Å². The van der Waals surface area contributed by atoms with Gasteiger partial charge < -0.3 is 19.9 Å². The van der Waals surface area contributed by atoms with Crippen molar-refractivity contribution in [1.29, 1.82) is 0 Å². The fourth-order valence-corrected chi connectivity index (χ4v) is 5.64. The molecular formula is C35H42BrN3O4. The van der Waals surface area contributed by atoms with E-state index < -0.39 is 0 Å². The van der Waals surface area contributed by atoms with Gasteiger partial charge in [-0.3, -0.25) is 14.4 Å². The topological polar surface area (TPSA) is 79.0 Å². The molecule has 0 aromatic heterocycles. The molecule has 2 amide bonds. The van der Waals surface area contributed by atoms with E-state index in [1.807, 2.05) is 71.6 Å². The van der Waals surface area contributed by atoms with Gasteiger partial charge in [-0.2, -0.15) is 0 Å². The molecule has 228 valence electrons. The third-order valence-corrected chi connectivity index (χ3v) is 8.36. The molecule has 1 aliphatic rings. The predicted molar refractivity (Wildman–Crippen MR) is 174 cm³/mol. The number of unbranched alkanes of at least 4 members (excludes halogenated alkanes) is 2. The number of amides is 2. The van der Waals surface area contributed by atoms with Crippen LogP contribution in [0.5, 0.6) is 0 Å². The fraction of sp³-hybridized carbons (Fsp3) is 0.400. The van der Waals surface area contributed by atoms with E-state index >= 15 is 0 Å². The minimum absolute atomic E-state index is 0.0610. The summed E-state index contributed by atoms with van der Waals surface area (Å²) in [7, 11) is 1.40. The first kappa shape index (κ1) is 32.4. The largest absolute Gasteiger partial charge is 0.469 e. The van der Waals surface area contributed by atoms with Crippen LogP contribution in [0.15, 0.2) is 77.3 Å². The van der Waals surface area contributed by atoms with Gasteiger partial charge in [0.2, 0.25) is 5.91 Å². The van der Waals surface area contributed by atoms with Gasteiger partial charge in [0.1, 0.15) is 0 Å². The average Bonchev–Trinajstić information content (AvgIpc) is 3.55. The minimum atomic E-state index is -0.205. The molecule has 0 saturated carbocycles. The zero-order valence-electron chi connectivity index (χ0n) is 25.0. The molecule has 1 N–H and O–H groups in total. The van der Waals surface area contributed by atoms with Crippen LogP contribution in [0.1, 0.15) is 60.0 Å². The van der Waals surface area contributed by atoms with Crippen LogP contribution in [-0.4, -0.2) is 67.4 Å². The Kier molecular flexibility index (Phi) is 12.8. The zero-order valence-corrected chi connectivity index (χ0v) is 26.6. The summed E-state index contributed by atoms with van der Waals surface area (Å²) >= 11 is 3.46. The monoisotopic (exact) mass is 647 g/mol. The molecule has 43 heavy (non-hydrogen) atoms. The van der Waals surface area contributed by atoms with E-state index in [2.05, 4.69) is 32.2 Å². The van der Waals surface area contributed by atoms with Crippen LogP contribution in [0.2, 0.25) is 0 Å². The quantitative estimate of drug-likeness (QED) is 0.156. The van der Waals surface area contributed by atoms with E-state index in [0.29, 0.717) is 38.0 Å². The lowest BCUT2D eigenvalue weighted by atomic mass is 10.0. The number of ether oxygens (including phenoxy) is 1. The van der Waals surface area contributed by atoms with Gasteiger partial charge in [0.15, 0.2) is 0 Å². The van der Waals surface area contributed by atoms with Gasteiger partial charge in [-0.25, -0.2) is 0 Å². The Morgan fingerprint density at radius 2 is 1.60 bits per heavy atom. The van der Waals surface area contributed by atoms with Crippen LogP contribution in [-0.2, 0) is 27.3 Å². The number of hydrogen-bond acceptors (Lipinski definition) is 5. The lowest BCUT2D eigenvalue weighted by molar-refractivity contribution is -0.140. The van der Waals surface area contributed by atoms with E-state index in [1.165, 1.54) is 20.0 Å². The van der Waals surface area contributed by atoms with Crippen molar-refractivity contribution in [2.24, 2.45) is 0 Å². The lowest BCUT2D eigenvalue weighted by Gasteiger charge is -2.23. The fourth-order valence-electron chi connectivity index (χ4n) is 5.38. The van der Waals surface area contributed by atoms with Crippen LogP contribution in [0.3, 0.4) is 0 Å². The van der Waals surface area contributed by atoms with Gasteiger partial charge in [0, 0.05) is 42.6 Å². The van der Waals surface area contributed by atoms with Gasteiger partial charge in [-0.15, -0.1) is 0 Å². The van der Waals surface area contributed by atoms with E-state index in [1.54, 1.807) is 0 Å². The van der Waals surface area contributed by atoms with Crippen molar-refractivity contribution >= 4 is 33.7 Å². The Labute approximate surface area is 263 Å². The Morgan fingerprint density at radius 3 is 2.35 bits per heavy atom. The third kappa shape index (κ3) is 10.6. The van der Waals surface area contributed by atoms with Gasteiger partial charge in [-0.1, -0.05) is 64.8 Å². The highest BCUT2D eigenvalue weighted by Crippen LogP contribution is 2.23. The summed E-state index contributed by atoms with van der Waals surface area (Å²) in [6.45, 7) is 4.85. The number of carbonyl (C=O) groups is 3. The summed E-state index contributed by atoms with van der Waals surface area (Å²) < 4.78 is 5.72. The molecule has 1 fully saturated rings. The van der Waals surface area contributed by atoms with Crippen LogP contribution in [0.25, 0.3) is 11.1 Å². The molecule has 0 bridgehead atoms. The van der Waals surface area contributed by atoms with Gasteiger partial charge in [0.25, 0.3) is 5.91 Å². The number of benzene rings is 3. The molecule has 7 nitrogen and oxygen atoms in total. The second-order valence-corrected chi connectivity index (χ2v) is 12.0. The van der Waals surface area contributed by atoms with Crippen LogP contribution in [0.4, 0.5) is 0 Å². The molecule has 1 saturated heterocycles. The maximum Gasteiger partial charge on any atom is 0.305 e. The van der Waals surface area contributed by atoms with E-state index in [4.69, 9.17) is 4.74 Å². The summed E-state index contributed by atoms with van der Waals surface area (Å²) in [6.07, 6.45) is 5.57. The molecule has 0 unspecified atom stereocenters. The Bertz CT molecular complexity index is 1360. The standard InChI is InChI=1S/C35H42BrN3O4/c1-43-34(41)13-3-2-4-21-39(33(40)24-27-14-16-32(36)17-15-27)26-28-9-7-10-29(23-28)30-11-8-12-31(25-30)35(42)37-18-22-38-19-5-6-20-38/h7-12,14-17,23,25H,2-6,13,18-22,24,26H2,1H3,(H,37,42). The summed E-state index contributed by atoms with van der Waals surface area (Å²) in [5.74, 6) is -0.203. The Morgan fingerprint density at radius 1 is 0.884 bits per heavy atom. The molecule has 0 radical (unpaired) electrons. The Balaban J connectivity index is 1.41. The molecular weight excluding hydrogens is 606 g/mol. The first-order chi connectivity index (χ1) is 20.9. The van der Waals surface area contributed by atoms with Crippen molar-refractivity contribution in [2.45, 2.75) is 51.5 Å². The highest BCUT2D eigenvalue weighted by Gasteiger charge is 2.16. The Hall–Kier alpha value is -3.49. The molecule has 0 spiro atoms. The van der Waals surface area contributed by atoms with Crippen molar-refractivity contribution in [3.63, 3.8) is 0 Å². The average molecular weight is 649 g/mol. The number of nitrogens with one attached hydrogen (secondary N) is 1. The number of esters is 1. The highest BCUT2D eigenvalue weighted by atomic mass is 79.9. The van der Waals surface area contributed by atoms with Gasteiger partial charge in [-0.05, 0) is 91.4 Å². The third-order valence-electron chi connectivity index (χ3n) is 7.83. The van der Waals surface area contributed by atoms with Gasteiger partial charge in [0.05, 0.1) is 13.5 Å². The maximum absolute atomic E-state index is 13.5. The normalized spacial score (nSPS) is 13.1. The molecule has 1 aliphatic heterocycles. The van der Waals surface area contributed by atoms with Crippen molar-refractivity contribution in [1.82, 2.24) is 15.1 Å². The maximum atomic E-state index is 13.5. The summed E-state index contributed by atoms with van der Waals surface area (Å²) in [4.78, 5) is 42.1. The number of halogens is 1. The van der Waals surface area contributed by atoms with Gasteiger partial charge >= 0.3 is 5.97 Å². The van der Waals surface area contributed by atoms with Crippen molar-refractivity contribution < 1.29 is 19.1 Å². The van der Waals surface area contributed by atoms with Crippen molar-refractivity contribution in [2.75, 3.05) is 39.8 Å². The first-order valence-corrected chi connectivity index (χ1v) is 16.0. The summed E-state index contributed by atoms with van der Waals surface area (Å²) in [5, 5.41) is 3.06. The summed E-state index contributed by atoms with van der Waals surface area (Å²) in [5.41, 5.74) is 4.60.